The summed E-state index contributed by atoms with van der Waals surface area (Å²) in [6.45, 7) is 6.33. The van der Waals surface area contributed by atoms with Crippen molar-refractivity contribution in [3.63, 3.8) is 0 Å². The Balaban J connectivity index is 0.00000288. The van der Waals surface area contributed by atoms with Crippen LogP contribution < -0.4 is 45.5 Å². The highest BCUT2D eigenvalue weighted by Gasteiger charge is 2.16. The lowest BCUT2D eigenvalue weighted by atomic mass is 10.2. The summed E-state index contributed by atoms with van der Waals surface area (Å²) in [6, 6.07) is 3.41. The molecular weight excluding hydrogens is 412 g/mol. The maximum absolute atomic E-state index is 10.9. The average molecular weight is 435 g/mol. The SMILES string of the molecule is NC(=O)COc1c(Cl)cc(Cl)cc1C[NH2+]CC[NH+]1CCOCC1.[Cl-].[Cl-]. The second kappa shape index (κ2) is 12.8. The summed E-state index contributed by atoms with van der Waals surface area (Å²) in [7, 11) is 0. The van der Waals surface area contributed by atoms with Gasteiger partial charge in [0.2, 0.25) is 0 Å². The van der Waals surface area contributed by atoms with Gasteiger partial charge in [0.25, 0.3) is 5.91 Å². The molecule has 1 aliphatic heterocycles. The molecule has 0 spiro atoms. The van der Waals surface area contributed by atoms with Crippen LogP contribution in [0.4, 0.5) is 0 Å². The van der Waals surface area contributed by atoms with E-state index in [0.717, 1.165) is 45.0 Å². The lowest BCUT2D eigenvalue weighted by Gasteiger charge is -2.23. The number of hydrogen-bond acceptors (Lipinski definition) is 3. The van der Waals surface area contributed by atoms with Crippen LogP contribution in [0.1, 0.15) is 5.56 Å². The zero-order valence-corrected chi connectivity index (χ0v) is 16.7. The fraction of sp³-hybridized carbons (Fsp3) is 0.533. The van der Waals surface area contributed by atoms with Crippen molar-refractivity contribution in [3.05, 3.63) is 27.7 Å². The molecule has 1 heterocycles. The number of benzene rings is 1. The molecule has 144 valence electrons. The van der Waals surface area contributed by atoms with Crippen LogP contribution in [0.25, 0.3) is 0 Å². The molecule has 1 fully saturated rings. The van der Waals surface area contributed by atoms with Crippen molar-refractivity contribution in [3.8, 4) is 5.75 Å². The summed E-state index contributed by atoms with van der Waals surface area (Å²) < 4.78 is 10.8. The van der Waals surface area contributed by atoms with Crippen molar-refractivity contribution >= 4 is 29.1 Å². The van der Waals surface area contributed by atoms with Crippen molar-refractivity contribution in [1.29, 1.82) is 0 Å². The topological polar surface area (TPSA) is 82.6 Å². The molecule has 10 heteroatoms. The minimum Gasteiger partial charge on any atom is -1.00 e. The maximum Gasteiger partial charge on any atom is 0.255 e. The number of carbonyl (C=O) groups is 1. The predicted octanol–water partition coefficient (Wildman–Crippen LogP) is -7.16. The fourth-order valence-electron chi connectivity index (χ4n) is 2.54. The smallest absolute Gasteiger partial charge is 0.255 e. The van der Waals surface area contributed by atoms with E-state index in [1.807, 2.05) is 6.07 Å². The molecule has 1 aromatic carbocycles. The third kappa shape index (κ3) is 8.64. The first-order valence-electron chi connectivity index (χ1n) is 7.68. The van der Waals surface area contributed by atoms with E-state index in [4.69, 9.17) is 38.4 Å². The number of primary amides is 1. The fourth-order valence-corrected chi connectivity index (χ4v) is 3.13. The largest absolute Gasteiger partial charge is 1.00 e. The summed E-state index contributed by atoms with van der Waals surface area (Å²) in [5.74, 6) is -0.0632. The van der Waals surface area contributed by atoms with Gasteiger partial charge < -0.3 is 50.2 Å². The third-order valence-electron chi connectivity index (χ3n) is 3.71. The normalized spacial score (nSPS) is 14.3. The van der Waals surface area contributed by atoms with Crippen LogP contribution in [0.5, 0.6) is 5.75 Å². The highest BCUT2D eigenvalue weighted by Crippen LogP contribution is 2.31. The zero-order chi connectivity index (χ0) is 16.7. The summed E-state index contributed by atoms with van der Waals surface area (Å²) in [4.78, 5) is 12.5. The molecule has 1 aliphatic rings. The van der Waals surface area contributed by atoms with E-state index in [1.165, 1.54) is 0 Å². The third-order valence-corrected chi connectivity index (χ3v) is 4.21. The van der Waals surface area contributed by atoms with Gasteiger partial charge in [0.05, 0.1) is 23.8 Å². The number of carbonyl (C=O) groups excluding carboxylic acids is 1. The monoisotopic (exact) mass is 433 g/mol. The number of morpholine rings is 1. The number of amides is 1. The number of rotatable bonds is 8. The van der Waals surface area contributed by atoms with E-state index in [2.05, 4.69) is 5.32 Å². The molecule has 1 aromatic rings. The second-order valence-electron chi connectivity index (χ2n) is 5.52. The van der Waals surface area contributed by atoms with E-state index in [-0.39, 0.29) is 31.4 Å². The summed E-state index contributed by atoms with van der Waals surface area (Å²) in [6.07, 6.45) is 0. The van der Waals surface area contributed by atoms with Gasteiger partial charge in [-0.1, -0.05) is 23.2 Å². The van der Waals surface area contributed by atoms with Crippen molar-refractivity contribution in [2.24, 2.45) is 5.73 Å². The Bertz CT molecular complexity index is 543. The first-order valence-corrected chi connectivity index (χ1v) is 8.44. The van der Waals surface area contributed by atoms with Crippen molar-refractivity contribution in [1.82, 2.24) is 0 Å². The van der Waals surface area contributed by atoms with Crippen LogP contribution in [0.2, 0.25) is 10.0 Å². The lowest BCUT2D eigenvalue weighted by molar-refractivity contribution is -0.920. The molecule has 1 amide bonds. The van der Waals surface area contributed by atoms with Gasteiger partial charge in [0.1, 0.15) is 38.5 Å². The molecular formula is C15H23Cl4N3O3. The summed E-state index contributed by atoms with van der Waals surface area (Å²) in [5, 5.41) is 3.12. The molecule has 2 rings (SSSR count). The lowest BCUT2D eigenvalue weighted by Crippen LogP contribution is -3.16. The highest BCUT2D eigenvalue weighted by atomic mass is 35.5. The molecule has 1 saturated heterocycles. The number of nitrogens with two attached hydrogens (primary N) is 2. The average Bonchev–Trinajstić information content (AvgIpc) is 2.51. The summed E-state index contributed by atoms with van der Waals surface area (Å²) >= 11 is 12.2. The number of ether oxygens (including phenoxy) is 2. The number of nitrogens with one attached hydrogen (secondary N) is 1. The van der Waals surface area contributed by atoms with Crippen LogP contribution in [0.15, 0.2) is 12.1 Å². The Labute approximate surface area is 170 Å². The highest BCUT2D eigenvalue weighted by molar-refractivity contribution is 6.35. The molecule has 0 atom stereocenters. The van der Waals surface area contributed by atoms with Crippen LogP contribution >= 0.6 is 23.2 Å². The van der Waals surface area contributed by atoms with E-state index < -0.39 is 5.91 Å². The molecule has 0 aromatic heterocycles. The number of hydrogen-bond donors (Lipinski definition) is 3. The van der Waals surface area contributed by atoms with Gasteiger partial charge in [-0.25, -0.2) is 0 Å². The molecule has 6 nitrogen and oxygen atoms in total. The first kappa shape index (κ1) is 24.5. The van der Waals surface area contributed by atoms with Gasteiger partial charge in [-0.2, -0.15) is 0 Å². The molecule has 0 saturated carbocycles. The molecule has 0 aliphatic carbocycles. The first-order chi connectivity index (χ1) is 11.1. The van der Waals surface area contributed by atoms with Gasteiger partial charge in [-0.05, 0) is 12.1 Å². The van der Waals surface area contributed by atoms with Gasteiger partial charge in [0.15, 0.2) is 6.61 Å². The minimum absolute atomic E-state index is 0. The minimum atomic E-state index is -0.540. The second-order valence-corrected chi connectivity index (χ2v) is 6.37. The van der Waals surface area contributed by atoms with Crippen LogP contribution in [-0.2, 0) is 16.1 Å². The van der Waals surface area contributed by atoms with E-state index >= 15 is 0 Å². The van der Waals surface area contributed by atoms with E-state index in [1.54, 1.807) is 11.0 Å². The Morgan fingerprint density at radius 2 is 1.96 bits per heavy atom. The van der Waals surface area contributed by atoms with Crippen molar-refractivity contribution < 1.29 is 49.3 Å². The van der Waals surface area contributed by atoms with Crippen LogP contribution in [0.3, 0.4) is 0 Å². The van der Waals surface area contributed by atoms with E-state index in [9.17, 15) is 4.79 Å². The van der Waals surface area contributed by atoms with Crippen molar-refractivity contribution in [2.75, 3.05) is 46.0 Å². The molecule has 0 unspecified atom stereocenters. The van der Waals surface area contributed by atoms with Gasteiger partial charge >= 0.3 is 0 Å². The van der Waals surface area contributed by atoms with Gasteiger partial charge in [0, 0.05) is 5.02 Å². The number of quaternary nitrogens is 2. The Morgan fingerprint density at radius 3 is 2.60 bits per heavy atom. The van der Waals surface area contributed by atoms with Gasteiger partial charge in [-0.3, -0.25) is 4.79 Å². The van der Waals surface area contributed by atoms with Crippen molar-refractivity contribution in [2.45, 2.75) is 6.54 Å². The molecule has 0 radical (unpaired) electrons. The molecule has 5 N–H and O–H groups in total. The summed E-state index contributed by atoms with van der Waals surface area (Å²) in [5.41, 5.74) is 5.98. The van der Waals surface area contributed by atoms with E-state index in [0.29, 0.717) is 22.3 Å². The number of halogens is 4. The van der Waals surface area contributed by atoms with Crippen LogP contribution in [0, 0.1) is 0 Å². The maximum atomic E-state index is 10.9. The predicted molar refractivity (Wildman–Crippen MR) is 88.0 cm³/mol. The zero-order valence-electron chi connectivity index (χ0n) is 13.7. The quantitative estimate of drug-likeness (QED) is 0.355. The standard InChI is InChI=1S/C15H21Cl2N3O3.2ClH/c16-12-7-11(15(13(17)8-12)23-10-14(18)21)9-19-1-2-20-3-5-22-6-4-20;;/h7-8,19H,1-6,9-10H2,(H2,18,21);2*1H. The van der Waals surface area contributed by atoms with Gasteiger partial charge in [-0.15, -0.1) is 0 Å². The molecule has 25 heavy (non-hydrogen) atoms. The Morgan fingerprint density at radius 1 is 1.28 bits per heavy atom. The Kier molecular flexibility index (Phi) is 12.6. The van der Waals surface area contributed by atoms with Crippen LogP contribution in [-0.4, -0.2) is 51.9 Å². The molecule has 0 bridgehead atoms. The Hall–Kier alpha value is -0.470.